The van der Waals surface area contributed by atoms with Gasteiger partial charge in [0.1, 0.15) is 0 Å². The van der Waals surface area contributed by atoms with Gasteiger partial charge in [0.2, 0.25) is 0 Å². The lowest BCUT2D eigenvalue weighted by Gasteiger charge is -1.96. The average molecular weight is 213 g/mol. The van der Waals surface area contributed by atoms with Crippen molar-refractivity contribution in [2.45, 2.75) is 0 Å². The predicted molar refractivity (Wildman–Crippen MR) is 49.5 cm³/mol. The molecule has 14 heavy (non-hydrogen) atoms. The van der Waals surface area contributed by atoms with Crippen LogP contribution >= 0.6 is 0 Å². The summed E-state index contributed by atoms with van der Waals surface area (Å²) in [4.78, 5) is 0. The Morgan fingerprint density at radius 2 is 2.07 bits per heavy atom. The molecule has 0 spiro atoms. The van der Waals surface area contributed by atoms with Gasteiger partial charge in [-0.2, -0.15) is 8.42 Å². The maximum Gasteiger partial charge on any atom is 0.307 e. The number of fused-ring (bicyclic) bond motifs is 1. The van der Waals surface area contributed by atoms with Gasteiger partial charge in [-0.1, -0.05) is 12.1 Å². The highest BCUT2D eigenvalue weighted by Gasteiger charge is 2.13. The normalized spacial score (nSPS) is 11.8. The molecule has 0 fully saturated rings. The van der Waals surface area contributed by atoms with Gasteiger partial charge in [0.05, 0.1) is 11.6 Å². The van der Waals surface area contributed by atoms with Crippen molar-refractivity contribution in [1.29, 1.82) is 0 Å². The van der Waals surface area contributed by atoms with Gasteiger partial charge in [-0.15, -0.1) is 0 Å². The molecule has 0 radical (unpaired) electrons. The zero-order valence-corrected chi connectivity index (χ0v) is 8.11. The standard InChI is InChI=1S/C8H7NO4S/c1-14(10,11)13-8-6-4-2-3-5-7(6)12-9-8/h2-5H,1H3. The minimum atomic E-state index is -3.56. The fourth-order valence-electron chi connectivity index (χ4n) is 1.07. The van der Waals surface area contributed by atoms with E-state index < -0.39 is 10.1 Å². The van der Waals surface area contributed by atoms with Gasteiger partial charge in [-0.05, 0) is 17.3 Å². The third-order valence-corrected chi connectivity index (χ3v) is 2.04. The molecule has 74 valence electrons. The molecule has 0 saturated carbocycles. The van der Waals surface area contributed by atoms with Crippen molar-refractivity contribution in [3.05, 3.63) is 24.3 Å². The second-order valence-corrected chi connectivity index (χ2v) is 4.35. The zero-order chi connectivity index (χ0) is 10.2. The van der Waals surface area contributed by atoms with Gasteiger partial charge in [-0.3, -0.25) is 0 Å². The molecule has 0 N–H and O–H groups in total. The van der Waals surface area contributed by atoms with E-state index in [0.717, 1.165) is 6.26 Å². The van der Waals surface area contributed by atoms with Crippen LogP contribution in [0, 0.1) is 0 Å². The molecule has 1 aromatic carbocycles. The van der Waals surface area contributed by atoms with E-state index in [1.165, 1.54) is 0 Å². The molecule has 0 bridgehead atoms. The number of hydrogen-bond acceptors (Lipinski definition) is 5. The van der Waals surface area contributed by atoms with Crippen molar-refractivity contribution < 1.29 is 17.1 Å². The van der Waals surface area contributed by atoms with E-state index in [2.05, 4.69) is 9.34 Å². The summed E-state index contributed by atoms with van der Waals surface area (Å²) in [5, 5.41) is 4.04. The van der Waals surface area contributed by atoms with Gasteiger partial charge in [0.25, 0.3) is 5.88 Å². The molecule has 0 atom stereocenters. The summed E-state index contributed by atoms with van der Waals surface area (Å²) in [5.74, 6) is -0.0249. The summed E-state index contributed by atoms with van der Waals surface area (Å²) in [6, 6.07) is 6.86. The first-order valence-electron chi connectivity index (χ1n) is 3.80. The topological polar surface area (TPSA) is 69.4 Å². The number of hydrogen-bond donors (Lipinski definition) is 0. The Hall–Kier alpha value is -1.56. The second kappa shape index (κ2) is 2.98. The first-order chi connectivity index (χ1) is 6.56. The van der Waals surface area contributed by atoms with Crippen LogP contribution in [0.1, 0.15) is 0 Å². The van der Waals surface area contributed by atoms with E-state index in [0.29, 0.717) is 11.0 Å². The Morgan fingerprint density at radius 1 is 1.36 bits per heavy atom. The first kappa shape index (κ1) is 9.01. The highest BCUT2D eigenvalue weighted by molar-refractivity contribution is 7.86. The highest BCUT2D eigenvalue weighted by atomic mass is 32.2. The molecule has 2 aromatic rings. The second-order valence-electron chi connectivity index (χ2n) is 2.77. The van der Waals surface area contributed by atoms with Crippen molar-refractivity contribution in [2.75, 3.05) is 6.26 Å². The number of nitrogens with zero attached hydrogens (tertiary/aromatic N) is 1. The Bertz CT molecular complexity index is 557. The quantitative estimate of drug-likeness (QED) is 0.700. The molecule has 0 aliphatic rings. The van der Waals surface area contributed by atoms with Crippen LogP contribution in [0.2, 0.25) is 0 Å². The summed E-state index contributed by atoms with van der Waals surface area (Å²) in [5.41, 5.74) is 0.492. The summed E-state index contributed by atoms with van der Waals surface area (Å²) in [6.07, 6.45) is 0.955. The smallest absolute Gasteiger partial charge is 0.307 e. The van der Waals surface area contributed by atoms with E-state index >= 15 is 0 Å². The van der Waals surface area contributed by atoms with Crippen LogP contribution in [-0.4, -0.2) is 19.8 Å². The molecule has 1 aromatic heterocycles. The molecule has 1 heterocycles. The van der Waals surface area contributed by atoms with E-state index in [1.54, 1.807) is 24.3 Å². The third kappa shape index (κ3) is 1.69. The Morgan fingerprint density at radius 3 is 2.79 bits per heavy atom. The van der Waals surface area contributed by atoms with Gasteiger partial charge in [0, 0.05) is 0 Å². The van der Waals surface area contributed by atoms with Crippen LogP contribution in [-0.2, 0) is 10.1 Å². The fraction of sp³-hybridized carbons (Fsp3) is 0.125. The van der Waals surface area contributed by atoms with E-state index in [4.69, 9.17) is 4.52 Å². The van der Waals surface area contributed by atoms with E-state index in [1.807, 2.05) is 0 Å². The summed E-state index contributed by atoms with van der Waals surface area (Å²) in [6.45, 7) is 0. The molecule has 0 amide bonds. The van der Waals surface area contributed by atoms with Crippen LogP contribution in [0.4, 0.5) is 0 Å². The lowest BCUT2D eigenvalue weighted by atomic mass is 10.3. The SMILES string of the molecule is CS(=O)(=O)Oc1noc2ccccc12. The number of benzene rings is 1. The minimum Gasteiger partial charge on any atom is -0.358 e. The monoisotopic (exact) mass is 213 g/mol. The van der Waals surface area contributed by atoms with Crippen LogP contribution in [0.3, 0.4) is 0 Å². The van der Waals surface area contributed by atoms with Crippen molar-refractivity contribution in [1.82, 2.24) is 5.16 Å². The molecule has 0 aliphatic carbocycles. The van der Waals surface area contributed by atoms with Crippen molar-refractivity contribution >= 4 is 21.1 Å². The Balaban J connectivity index is 2.54. The maximum atomic E-state index is 10.8. The molecule has 5 nitrogen and oxygen atoms in total. The zero-order valence-electron chi connectivity index (χ0n) is 7.30. The molecule has 0 saturated heterocycles. The largest absolute Gasteiger partial charge is 0.358 e. The minimum absolute atomic E-state index is 0.0249. The predicted octanol–water partition coefficient (Wildman–Crippen LogP) is 1.17. The summed E-state index contributed by atoms with van der Waals surface area (Å²) < 4.78 is 31.2. The van der Waals surface area contributed by atoms with Crippen LogP contribution in [0.25, 0.3) is 11.0 Å². The van der Waals surface area contributed by atoms with Crippen LogP contribution < -0.4 is 4.18 Å². The fourth-order valence-corrected chi connectivity index (χ4v) is 1.47. The summed E-state index contributed by atoms with van der Waals surface area (Å²) in [7, 11) is -3.56. The van der Waals surface area contributed by atoms with Crippen LogP contribution in [0.5, 0.6) is 5.88 Å². The Labute approximate surface area is 80.4 Å². The first-order valence-corrected chi connectivity index (χ1v) is 5.62. The third-order valence-electron chi connectivity index (χ3n) is 1.57. The van der Waals surface area contributed by atoms with Crippen LogP contribution in [0.15, 0.2) is 28.8 Å². The lowest BCUT2D eigenvalue weighted by Crippen LogP contribution is -2.05. The number of aromatic nitrogens is 1. The Kier molecular flexibility index (Phi) is 1.92. The van der Waals surface area contributed by atoms with Gasteiger partial charge < -0.3 is 8.71 Å². The van der Waals surface area contributed by atoms with E-state index in [9.17, 15) is 8.42 Å². The van der Waals surface area contributed by atoms with Crippen molar-refractivity contribution in [3.8, 4) is 5.88 Å². The van der Waals surface area contributed by atoms with Crippen molar-refractivity contribution in [3.63, 3.8) is 0 Å². The lowest BCUT2D eigenvalue weighted by molar-refractivity contribution is 0.406. The molecule has 2 rings (SSSR count). The average Bonchev–Trinajstić information content (AvgIpc) is 2.47. The summed E-state index contributed by atoms with van der Waals surface area (Å²) >= 11 is 0. The number of para-hydroxylation sites is 1. The van der Waals surface area contributed by atoms with E-state index in [-0.39, 0.29) is 5.88 Å². The highest BCUT2D eigenvalue weighted by Crippen LogP contribution is 2.24. The number of rotatable bonds is 2. The maximum absolute atomic E-state index is 10.8. The van der Waals surface area contributed by atoms with Gasteiger partial charge in [0.15, 0.2) is 5.58 Å². The molecular weight excluding hydrogens is 206 g/mol. The molecule has 0 aliphatic heterocycles. The molecular formula is C8H7NO4S. The molecule has 6 heteroatoms. The molecule has 0 unspecified atom stereocenters. The van der Waals surface area contributed by atoms with Gasteiger partial charge in [-0.25, -0.2) is 0 Å². The van der Waals surface area contributed by atoms with Gasteiger partial charge >= 0.3 is 10.1 Å². The van der Waals surface area contributed by atoms with Crippen molar-refractivity contribution in [2.24, 2.45) is 0 Å².